The summed E-state index contributed by atoms with van der Waals surface area (Å²) in [7, 11) is 0. The number of rotatable bonds is 5. The lowest BCUT2D eigenvalue weighted by Crippen LogP contribution is -2.22. The highest BCUT2D eigenvalue weighted by atomic mass is 32.2. The molecule has 0 saturated heterocycles. The molecule has 0 unspecified atom stereocenters. The van der Waals surface area contributed by atoms with Crippen molar-refractivity contribution in [2.45, 2.75) is 5.03 Å². The average Bonchev–Trinajstić information content (AvgIpc) is 2.63. The number of carbonyl (C=O) groups is 1. The Kier molecular flexibility index (Phi) is 5.43. The van der Waals surface area contributed by atoms with E-state index in [1.54, 1.807) is 6.07 Å². The minimum absolute atomic E-state index is 0.0488. The summed E-state index contributed by atoms with van der Waals surface area (Å²) >= 11 is 0.966. The van der Waals surface area contributed by atoms with Gasteiger partial charge in [-0.05, 0) is 42.5 Å². The van der Waals surface area contributed by atoms with Gasteiger partial charge in [-0.3, -0.25) is 14.2 Å². The third kappa shape index (κ3) is 4.34. The molecule has 8 heteroatoms. The molecule has 0 saturated carbocycles. The molecule has 0 aliphatic carbocycles. The van der Waals surface area contributed by atoms with Gasteiger partial charge in [0.15, 0.2) is 5.03 Å². The molecule has 0 aliphatic heterocycles. The van der Waals surface area contributed by atoms with Gasteiger partial charge in [0.1, 0.15) is 11.6 Å². The Morgan fingerprint density at radius 2 is 1.88 bits per heavy atom. The number of carbonyl (C=O) groups excluding carboxylic acids is 1. The molecule has 0 radical (unpaired) electrons. The first-order chi connectivity index (χ1) is 12.5. The normalized spacial score (nSPS) is 10.5. The van der Waals surface area contributed by atoms with E-state index in [-0.39, 0.29) is 16.7 Å². The van der Waals surface area contributed by atoms with Crippen molar-refractivity contribution in [3.63, 3.8) is 0 Å². The molecule has 26 heavy (non-hydrogen) atoms. The molecule has 1 aromatic heterocycles. The minimum Gasteiger partial charge on any atom is -0.325 e. The molecule has 2 aromatic carbocycles. The van der Waals surface area contributed by atoms with Crippen molar-refractivity contribution in [1.82, 2.24) is 9.55 Å². The third-order valence-corrected chi connectivity index (χ3v) is 4.32. The molecule has 0 spiro atoms. The number of nitrogens with one attached hydrogen (secondary N) is 1. The summed E-state index contributed by atoms with van der Waals surface area (Å²) in [5.41, 5.74) is 0.378. The first-order valence-electron chi connectivity index (χ1n) is 7.55. The predicted octanol–water partition coefficient (Wildman–Crippen LogP) is 3.24. The largest absolute Gasteiger partial charge is 0.325 e. The van der Waals surface area contributed by atoms with Crippen molar-refractivity contribution in [2.75, 3.05) is 11.1 Å². The van der Waals surface area contributed by atoms with Gasteiger partial charge in [-0.1, -0.05) is 17.8 Å². The van der Waals surface area contributed by atoms with Gasteiger partial charge >= 0.3 is 0 Å². The van der Waals surface area contributed by atoms with Crippen molar-refractivity contribution < 1.29 is 13.6 Å². The fourth-order valence-electron chi connectivity index (χ4n) is 2.19. The molecule has 3 rings (SSSR count). The van der Waals surface area contributed by atoms with Crippen LogP contribution >= 0.6 is 11.8 Å². The van der Waals surface area contributed by atoms with Crippen LogP contribution in [0.3, 0.4) is 0 Å². The average molecular weight is 373 g/mol. The summed E-state index contributed by atoms with van der Waals surface area (Å²) in [6, 6.07) is 11.0. The lowest BCUT2D eigenvalue weighted by atomic mass is 10.3. The zero-order valence-corrected chi connectivity index (χ0v) is 14.2. The van der Waals surface area contributed by atoms with E-state index >= 15 is 0 Å². The van der Waals surface area contributed by atoms with Crippen molar-refractivity contribution in [3.05, 3.63) is 82.9 Å². The highest BCUT2D eigenvalue weighted by molar-refractivity contribution is 7.99. The van der Waals surface area contributed by atoms with Crippen LogP contribution in [-0.4, -0.2) is 21.2 Å². The number of benzene rings is 2. The van der Waals surface area contributed by atoms with Gasteiger partial charge in [-0.15, -0.1) is 0 Å². The Morgan fingerprint density at radius 3 is 2.62 bits per heavy atom. The number of hydrogen-bond acceptors (Lipinski definition) is 4. The van der Waals surface area contributed by atoms with E-state index in [4.69, 9.17) is 0 Å². The maximum atomic E-state index is 13.4. The Balaban J connectivity index is 1.70. The number of nitrogens with zero attached hydrogens (tertiary/aromatic N) is 2. The van der Waals surface area contributed by atoms with Gasteiger partial charge in [0.05, 0.1) is 11.4 Å². The van der Waals surface area contributed by atoms with E-state index in [2.05, 4.69) is 10.3 Å². The highest BCUT2D eigenvalue weighted by Gasteiger charge is 2.11. The Bertz CT molecular complexity index is 990. The van der Waals surface area contributed by atoms with Gasteiger partial charge in [0.2, 0.25) is 5.91 Å². The molecule has 0 fully saturated rings. The van der Waals surface area contributed by atoms with Crippen LogP contribution in [0.5, 0.6) is 0 Å². The minimum atomic E-state index is -0.459. The maximum Gasteiger partial charge on any atom is 0.287 e. The van der Waals surface area contributed by atoms with Crippen LogP contribution in [0.4, 0.5) is 14.5 Å². The van der Waals surface area contributed by atoms with E-state index < -0.39 is 17.2 Å². The topological polar surface area (TPSA) is 64.0 Å². The van der Waals surface area contributed by atoms with Crippen LogP contribution in [0.25, 0.3) is 5.69 Å². The Morgan fingerprint density at radius 1 is 1.12 bits per heavy atom. The van der Waals surface area contributed by atoms with E-state index in [0.717, 1.165) is 11.8 Å². The Hall–Kier alpha value is -3.00. The first kappa shape index (κ1) is 17.8. The van der Waals surface area contributed by atoms with Gasteiger partial charge < -0.3 is 5.32 Å². The van der Waals surface area contributed by atoms with Crippen LogP contribution in [0.1, 0.15) is 0 Å². The van der Waals surface area contributed by atoms with Crippen LogP contribution in [0, 0.1) is 11.6 Å². The summed E-state index contributed by atoms with van der Waals surface area (Å²) in [5, 5.41) is 2.72. The molecule has 0 atom stereocenters. The Labute approximate surface area is 151 Å². The number of halogens is 2. The molecule has 0 bridgehead atoms. The van der Waals surface area contributed by atoms with Gasteiger partial charge in [0, 0.05) is 18.1 Å². The second kappa shape index (κ2) is 7.92. The number of anilines is 1. The summed E-state index contributed by atoms with van der Waals surface area (Å²) in [4.78, 5) is 28.4. The van der Waals surface area contributed by atoms with Crippen molar-refractivity contribution in [3.8, 4) is 5.69 Å². The summed E-state index contributed by atoms with van der Waals surface area (Å²) in [5.74, 6) is -1.26. The molecule has 3 aromatic rings. The van der Waals surface area contributed by atoms with Crippen LogP contribution in [0.2, 0.25) is 0 Å². The summed E-state index contributed by atoms with van der Waals surface area (Å²) < 4.78 is 27.5. The molecule has 5 nitrogen and oxygen atoms in total. The standard InChI is InChI=1S/C18H13F2N3O2S/c19-12-4-6-14(7-5-12)22-16(24)11-26-17-18(25)23(9-8-21-17)15-3-1-2-13(20)10-15/h1-10H,11H2,(H,22,24). The molecule has 1 N–H and O–H groups in total. The molecular weight excluding hydrogens is 360 g/mol. The first-order valence-corrected chi connectivity index (χ1v) is 8.53. The van der Waals surface area contributed by atoms with Crippen molar-refractivity contribution in [2.24, 2.45) is 0 Å². The van der Waals surface area contributed by atoms with Crippen molar-refractivity contribution >= 4 is 23.4 Å². The smallest absolute Gasteiger partial charge is 0.287 e. The maximum absolute atomic E-state index is 13.4. The molecule has 1 amide bonds. The quantitative estimate of drug-likeness (QED) is 0.698. The van der Waals surface area contributed by atoms with E-state index in [1.165, 1.54) is 59.4 Å². The van der Waals surface area contributed by atoms with Gasteiger partial charge in [-0.2, -0.15) is 0 Å². The van der Waals surface area contributed by atoms with Crippen LogP contribution < -0.4 is 10.9 Å². The number of aromatic nitrogens is 2. The summed E-state index contributed by atoms with van der Waals surface area (Å²) in [6.07, 6.45) is 2.84. The zero-order valence-electron chi connectivity index (χ0n) is 13.4. The third-order valence-electron chi connectivity index (χ3n) is 3.36. The SMILES string of the molecule is O=C(CSc1nccn(-c2cccc(F)c2)c1=O)Nc1ccc(F)cc1. The van der Waals surface area contributed by atoms with Gasteiger partial charge in [0.25, 0.3) is 5.56 Å². The van der Waals surface area contributed by atoms with Crippen molar-refractivity contribution in [1.29, 1.82) is 0 Å². The van der Waals surface area contributed by atoms with Crippen LogP contribution in [-0.2, 0) is 4.79 Å². The lowest BCUT2D eigenvalue weighted by molar-refractivity contribution is -0.113. The van der Waals surface area contributed by atoms with Crippen LogP contribution in [0.15, 0.2) is 70.7 Å². The lowest BCUT2D eigenvalue weighted by Gasteiger charge is -2.08. The number of amides is 1. The fraction of sp³-hybridized carbons (Fsp3) is 0.0556. The second-order valence-corrected chi connectivity index (χ2v) is 6.20. The second-order valence-electron chi connectivity index (χ2n) is 5.23. The number of hydrogen-bond donors (Lipinski definition) is 1. The molecule has 0 aliphatic rings. The zero-order chi connectivity index (χ0) is 18.5. The molecular formula is C18H13F2N3O2S. The highest BCUT2D eigenvalue weighted by Crippen LogP contribution is 2.14. The van der Waals surface area contributed by atoms with E-state index in [0.29, 0.717) is 11.4 Å². The van der Waals surface area contributed by atoms with E-state index in [9.17, 15) is 18.4 Å². The fourth-order valence-corrected chi connectivity index (χ4v) is 2.88. The molecule has 1 heterocycles. The predicted molar refractivity (Wildman–Crippen MR) is 95.5 cm³/mol. The van der Waals surface area contributed by atoms with E-state index in [1.807, 2.05) is 0 Å². The molecule has 132 valence electrons. The van der Waals surface area contributed by atoms with Gasteiger partial charge in [-0.25, -0.2) is 13.8 Å². The number of thioether (sulfide) groups is 1. The monoisotopic (exact) mass is 373 g/mol. The summed E-state index contributed by atoms with van der Waals surface area (Å²) in [6.45, 7) is 0.